The normalized spacial score (nSPS) is 17.7. The lowest BCUT2D eigenvalue weighted by molar-refractivity contribution is 0.328. The molecular formula is C11H23NO3S2. The summed E-state index contributed by atoms with van der Waals surface area (Å²) in [5.41, 5.74) is 0. The molecule has 1 saturated heterocycles. The fourth-order valence-electron chi connectivity index (χ4n) is 2.14. The molecule has 1 heterocycles. The van der Waals surface area contributed by atoms with Gasteiger partial charge in [-0.05, 0) is 56.1 Å². The molecule has 1 fully saturated rings. The molecule has 0 aromatic rings. The summed E-state index contributed by atoms with van der Waals surface area (Å²) in [5, 5.41) is 0. The van der Waals surface area contributed by atoms with E-state index in [1.54, 1.807) is 0 Å². The molecule has 0 radical (unpaired) electrons. The van der Waals surface area contributed by atoms with Crippen molar-refractivity contribution in [2.24, 2.45) is 0 Å². The quantitative estimate of drug-likeness (QED) is 0.400. The van der Waals surface area contributed by atoms with Gasteiger partial charge in [0.15, 0.2) is 0 Å². The van der Waals surface area contributed by atoms with E-state index in [0.29, 0.717) is 16.5 Å². The molecule has 0 spiro atoms. The number of nitrogens with zero attached hydrogens (tertiary/aromatic N) is 1. The van der Waals surface area contributed by atoms with Crippen LogP contribution in [0.2, 0.25) is 0 Å². The molecule has 0 aliphatic carbocycles. The van der Waals surface area contributed by atoms with Gasteiger partial charge in [-0.2, -0.15) is 8.42 Å². The second kappa shape index (κ2) is 8.34. The zero-order valence-corrected chi connectivity index (χ0v) is 11.9. The molecule has 1 rings (SSSR count). The van der Waals surface area contributed by atoms with Crippen LogP contribution in [0.3, 0.4) is 0 Å². The minimum atomic E-state index is -3.82. The zero-order chi connectivity index (χ0) is 12.6. The maximum atomic E-state index is 10.4. The molecule has 4 nitrogen and oxygen atoms in total. The van der Waals surface area contributed by atoms with Crippen molar-refractivity contribution in [2.75, 3.05) is 25.4 Å². The van der Waals surface area contributed by atoms with Crippen molar-refractivity contribution in [3.63, 3.8) is 0 Å². The predicted octanol–water partition coefficient (Wildman–Crippen LogP) is 2.57. The smallest absolute Gasteiger partial charge is 0.303 e. The Balaban J connectivity index is 1.81. The molecule has 1 N–H and O–H groups in total. The summed E-state index contributed by atoms with van der Waals surface area (Å²) in [6, 6.07) is 0. The standard InChI is InChI=1S/C11H23NO3S2/c13-17(14,15)16-11-7-3-1-2-4-8-12-9-5-6-10-12/h1-11H2,(H,13,14,15). The summed E-state index contributed by atoms with van der Waals surface area (Å²) < 4.78 is 29.4. The highest BCUT2D eigenvalue weighted by atomic mass is 33.1. The van der Waals surface area contributed by atoms with Crippen LogP contribution in [0, 0.1) is 0 Å². The molecule has 17 heavy (non-hydrogen) atoms. The van der Waals surface area contributed by atoms with Gasteiger partial charge < -0.3 is 4.90 Å². The third kappa shape index (κ3) is 8.88. The predicted molar refractivity (Wildman–Crippen MR) is 72.8 cm³/mol. The van der Waals surface area contributed by atoms with Gasteiger partial charge >= 0.3 is 9.15 Å². The molecular weight excluding hydrogens is 258 g/mol. The molecule has 0 saturated carbocycles. The van der Waals surface area contributed by atoms with Gasteiger partial charge in [-0.3, -0.25) is 4.55 Å². The zero-order valence-electron chi connectivity index (χ0n) is 10.3. The second-order valence-corrected chi connectivity index (χ2v) is 8.04. The van der Waals surface area contributed by atoms with Crippen molar-refractivity contribution in [3.05, 3.63) is 0 Å². The van der Waals surface area contributed by atoms with Crippen LogP contribution in [0.1, 0.15) is 44.9 Å². The lowest BCUT2D eigenvalue weighted by atomic mass is 10.1. The van der Waals surface area contributed by atoms with Crippen LogP contribution in [-0.4, -0.2) is 43.3 Å². The van der Waals surface area contributed by atoms with Gasteiger partial charge in [0.05, 0.1) is 0 Å². The topological polar surface area (TPSA) is 57.6 Å². The summed E-state index contributed by atoms with van der Waals surface area (Å²) in [6.07, 6.45) is 8.29. The highest BCUT2D eigenvalue weighted by molar-refractivity contribution is 8.69. The molecule has 102 valence electrons. The van der Waals surface area contributed by atoms with Crippen molar-refractivity contribution in [1.82, 2.24) is 4.90 Å². The molecule has 0 atom stereocenters. The van der Waals surface area contributed by atoms with Gasteiger partial charge in [-0.15, -0.1) is 0 Å². The third-order valence-corrected chi connectivity index (χ3v) is 5.20. The first-order chi connectivity index (χ1) is 8.08. The molecule has 0 aromatic heterocycles. The Hall–Kier alpha value is 0.220. The van der Waals surface area contributed by atoms with Crippen LogP contribution in [0.25, 0.3) is 0 Å². The van der Waals surface area contributed by atoms with Crippen LogP contribution >= 0.6 is 10.8 Å². The first-order valence-corrected chi connectivity index (χ1v) is 9.36. The van der Waals surface area contributed by atoms with Crippen LogP contribution in [0.5, 0.6) is 0 Å². The minimum absolute atomic E-state index is 0.505. The summed E-state index contributed by atoms with van der Waals surface area (Å²) >= 11 is 0. The van der Waals surface area contributed by atoms with Crippen LogP contribution in [0.4, 0.5) is 0 Å². The first-order valence-electron chi connectivity index (χ1n) is 6.42. The number of unbranched alkanes of at least 4 members (excludes halogenated alkanes) is 4. The maximum Gasteiger partial charge on any atom is 0.319 e. The Bertz CT molecular complexity index is 287. The Kier molecular flexibility index (Phi) is 7.50. The van der Waals surface area contributed by atoms with E-state index in [4.69, 9.17) is 4.55 Å². The number of hydrogen-bond donors (Lipinski definition) is 1. The van der Waals surface area contributed by atoms with E-state index in [1.165, 1.54) is 51.7 Å². The molecule has 6 heteroatoms. The Morgan fingerprint density at radius 1 is 1.00 bits per heavy atom. The summed E-state index contributed by atoms with van der Waals surface area (Å²) in [7, 11) is -3.19. The maximum absolute atomic E-state index is 10.4. The molecule has 0 aromatic carbocycles. The van der Waals surface area contributed by atoms with Gasteiger partial charge in [-0.1, -0.05) is 19.3 Å². The summed E-state index contributed by atoms with van der Waals surface area (Å²) in [5.74, 6) is 0.505. The summed E-state index contributed by atoms with van der Waals surface area (Å²) in [4.78, 5) is 2.52. The Morgan fingerprint density at radius 2 is 1.59 bits per heavy atom. The van der Waals surface area contributed by atoms with Gasteiger partial charge in [0.25, 0.3) is 0 Å². The fourth-order valence-corrected chi connectivity index (χ4v) is 3.66. The van der Waals surface area contributed by atoms with E-state index < -0.39 is 9.15 Å². The van der Waals surface area contributed by atoms with Crippen LogP contribution in [0.15, 0.2) is 0 Å². The summed E-state index contributed by atoms with van der Waals surface area (Å²) in [6.45, 7) is 3.76. The number of likely N-dealkylation sites (tertiary alicyclic amines) is 1. The number of hydrogen-bond acceptors (Lipinski definition) is 4. The molecule has 0 amide bonds. The van der Waals surface area contributed by atoms with Crippen molar-refractivity contribution in [3.8, 4) is 0 Å². The fraction of sp³-hybridized carbons (Fsp3) is 1.00. The van der Waals surface area contributed by atoms with Crippen molar-refractivity contribution >= 4 is 19.9 Å². The molecule has 1 aliphatic rings. The first kappa shape index (κ1) is 15.3. The highest BCUT2D eigenvalue weighted by Gasteiger charge is 2.09. The highest BCUT2D eigenvalue weighted by Crippen LogP contribution is 2.14. The van der Waals surface area contributed by atoms with E-state index in [-0.39, 0.29) is 0 Å². The molecule has 0 bridgehead atoms. The Morgan fingerprint density at radius 3 is 2.24 bits per heavy atom. The van der Waals surface area contributed by atoms with E-state index in [2.05, 4.69) is 4.90 Å². The lowest BCUT2D eigenvalue weighted by Gasteiger charge is -2.13. The largest absolute Gasteiger partial charge is 0.319 e. The average molecular weight is 281 g/mol. The second-order valence-electron chi connectivity index (χ2n) is 4.57. The minimum Gasteiger partial charge on any atom is -0.303 e. The van der Waals surface area contributed by atoms with Crippen molar-refractivity contribution in [2.45, 2.75) is 44.9 Å². The monoisotopic (exact) mass is 281 g/mol. The average Bonchev–Trinajstić information content (AvgIpc) is 2.73. The lowest BCUT2D eigenvalue weighted by Crippen LogP contribution is -2.20. The van der Waals surface area contributed by atoms with Gasteiger partial charge in [-0.25, -0.2) is 0 Å². The SMILES string of the molecule is O=S(=O)(O)SCCCCCCCN1CCCC1. The van der Waals surface area contributed by atoms with E-state index in [0.717, 1.165) is 12.8 Å². The van der Waals surface area contributed by atoms with E-state index in [9.17, 15) is 8.42 Å². The van der Waals surface area contributed by atoms with Gasteiger partial charge in [0, 0.05) is 5.75 Å². The van der Waals surface area contributed by atoms with Crippen LogP contribution in [-0.2, 0) is 9.15 Å². The van der Waals surface area contributed by atoms with Gasteiger partial charge in [0.1, 0.15) is 0 Å². The molecule has 0 unspecified atom stereocenters. The van der Waals surface area contributed by atoms with Gasteiger partial charge in [0.2, 0.25) is 0 Å². The van der Waals surface area contributed by atoms with Crippen molar-refractivity contribution in [1.29, 1.82) is 0 Å². The third-order valence-electron chi connectivity index (χ3n) is 3.05. The van der Waals surface area contributed by atoms with E-state index in [1.807, 2.05) is 0 Å². The molecule has 1 aliphatic heterocycles. The van der Waals surface area contributed by atoms with E-state index >= 15 is 0 Å². The van der Waals surface area contributed by atoms with Crippen molar-refractivity contribution < 1.29 is 13.0 Å². The number of rotatable bonds is 9. The Labute approximate surface area is 108 Å². The van der Waals surface area contributed by atoms with Crippen LogP contribution < -0.4 is 0 Å².